The van der Waals surface area contributed by atoms with Crippen LogP contribution in [0, 0.1) is 5.82 Å². The molecular formula is C12H13FN2O3. The summed E-state index contributed by atoms with van der Waals surface area (Å²) in [7, 11) is 0. The highest BCUT2D eigenvalue weighted by atomic mass is 19.1. The Hall–Kier alpha value is -2.11. The van der Waals surface area contributed by atoms with Gasteiger partial charge in [0.2, 0.25) is 0 Å². The number of hydrogen-bond donors (Lipinski definition) is 2. The van der Waals surface area contributed by atoms with Crippen LogP contribution in [0.25, 0.3) is 0 Å². The smallest absolute Gasteiger partial charge is 0.326 e. The average Bonchev–Trinajstić information content (AvgIpc) is 2.81. The maximum Gasteiger partial charge on any atom is 0.326 e. The second kappa shape index (κ2) is 4.64. The fourth-order valence-corrected chi connectivity index (χ4v) is 2.14. The third kappa shape index (κ3) is 2.01. The second-order valence-electron chi connectivity index (χ2n) is 4.20. The Morgan fingerprint density at radius 1 is 1.44 bits per heavy atom. The van der Waals surface area contributed by atoms with E-state index in [4.69, 9.17) is 10.8 Å². The molecule has 1 aromatic rings. The topological polar surface area (TPSA) is 83.6 Å². The lowest BCUT2D eigenvalue weighted by molar-refractivity contribution is -0.141. The molecule has 18 heavy (non-hydrogen) atoms. The predicted octanol–water partition coefficient (Wildman–Crippen LogP) is 1.10. The van der Waals surface area contributed by atoms with E-state index >= 15 is 0 Å². The lowest BCUT2D eigenvalue weighted by Crippen LogP contribution is -2.40. The first-order valence-corrected chi connectivity index (χ1v) is 5.60. The summed E-state index contributed by atoms with van der Waals surface area (Å²) in [6, 6.07) is 3.09. The first-order chi connectivity index (χ1) is 8.52. The molecule has 1 heterocycles. The summed E-state index contributed by atoms with van der Waals surface area (Å²) in [4.78, 5) is 24.4. The number of amides is 1. The second-order valence-corrected chi connectivity index (χ2v) is 4.20. The number of rotatable bonds is 2. The lowest BCUT2D eigenvalue weighted by Gasteiger charge is -2.22. The van der Waals surface area contributed by atoms with Crippen molar-refractivity contribution in [1.29, 1.82) is 0 Å². The van der Waals surface area contributed by atoms with Crippen molar-refractivity contribution in [3.63, 3.8) is 0 Å². The molecule has 5 nitrogen and oxygen atoms in total. The van der Waals surface area contributed by atoms with Gasteiger partial charge in [-0.1, -0.05) is 6.07 Å². The zero-order valence-electron chi connectivity index (χ0n) is 9.60. The van der Waals surface area contributed by atoms with Gasteiger partial charge in [-0.15, -0.1) is 0 Å². The maximum absolute atomic E-state index is 13.3. The van der Waals surface area contributed by atoms with Crippen molar-refractivity contribution in [2.45, 2.75) is 18.9 Å². The fraction of sp³-hybridized carbons (Fsp3) is 0.333. The summed E-state index contributed by atoms with van der Waals surface area (Å²) < 4.78 is 13.3. The van der Waals surface area contributed by atoms with Crippen molar-refractivity contribution in [2.24, 2.45) is 0 Å². The monoisotopic (exact) mass is 252 g/mol. The Morgan fingerprint density at radius 3 is 2.83 bits per heavy atom. The molecular weight excluding hydrogens is 239 g/mol. The number of carboxylic acids is 1. The Bertz CT molecular complexity index is 504. The first kappa shape index (κ1) is 12.3. The summed E-state index contributed by atoms with van der Waals surface area (Å²) in [5.41, 5.74) is 5.28. The molecule has 0 saturated carbocycles. The van der Waals surface area contributed by atoms with E-state index in [1.165, 1.54) is 17.0 Å². The molecule has 1 saturated heterocycles. The lowest BCUT2D eigenvalue weighted by atomic mass is 10.1. The Balaban J connectivity index is 2.31. The van der Waals surface area contributed by atoms with Crippen molar-refractivity contribution in [2.75, 3.05) is 12.3 Å². The zero-order chi connectivity index (χ0) is 13.3. The third-order valence-corrected chi connectivity index (χ3v) is 3.08. The van der Waals surface area contributed by atoms with Gasteiger partial charge in [-0.25, -0.2) is 9.18 Å². The van der Waals surface area contributed by atoms with Crippen LogP contribution in [-0.2, 0) is 4.79 Å². The van der Waals surface area contributed by atoms with Gasteiger partial charge >= 0.3 is 5.97 Å². The summed E-state index contributed by atoms with van der Waals surface area (Å²) in [6.45, 7) is 0.353. The highest BCUT2D eigenvalue weighted by molar-refractivity contribution is 6.01. The minimum atomic E-state index is -1.05. The van der Waals surface area contributed by atoms with Crippen molar-refractivity contribution >= 4 is 17.6 Å². The summed E-state index contributed by atoms with van der Waals surface area (Å²) in [5, 5.41) is 9.00. The van der Waals surface area contributed by atoms with Crippen molar-refractivity contribution < 1.29 is 19.1 Å². The Kier molecular flexibility index (Phi) is 3.18. The van der Waals surface area contributed by atoms with Crippen molar-refractivity contribution in [1.82, 2.24) is 4.90 Å². The van der Waals surface area contributed by atoms with Crippen LogP contribution >= 0.6 is 0 Å². The number of nitrogen functional groups attached to an aromatic ring is 1. The van der Waals surface area contributed by atoms with Crippen LogP contribution in [-0.4, -0.2) is 34.5 Å². The van der Waals surface area contributed by atoms with Crippen molar-refractivity contribution in [3.05, 3.63) is 29.6 Å². The van der Waals surface area contributed by atoms with Crippen LogP contribution in [0.5, 0.6) is 0 Å². The van der Waals surface area contributed by atoms with Crippen LogP contribution < -0.4 is 5.73 Å². The van der Waals surface area contributed by atoms with Crippen molar-refractivity contribution in [3.8, 4) is 0 Å². The van der Waals surface area contributed by atoms with Gasteiger partial charge in [-0.2, -0.15) is 0 Å². The molecule has 1 fully saturated rings. The molecule has 1 unspecified atom stereocenters. The predicted molar refractivity (Wildman–Crippen MR) is 62.5 cm³/mol. The molecule has 0 spiro atoms. The SMILES string of the molecule is Nc1c(F)cccc1C(=O)N1CCCC1C(=O)O. The Labute approximate surface area is 103 Å². The number of carboxylic acid groups (broad SMARTS) is 1. The molecule has 0 radical (unpaired) electrons. The number of carbonyl (C=O) groups is 2. The highest BCUT2D eigenvalue weighted by Crippen LogP contribution is 2.24. The van der Waals surface area contributed by atoms with Crippen LogP contribution in [0.15, 0.2) is 18.2 Å². The number of halogens is 1. The molecule has 6 heteroatoms. The van der Waals surface area contributed by atoms with Crippen LogP contribution in [0.1, 0.15) is 23.2 Å². The van der Waals surface area contributed by atoms with Gasteiger partial charge in [0.25, 0.3) is 5.91 Å². The molecule has 2 rings (SSSR count). The van der Waals surface area contributed by atoms with Gasteiger partial charge < -0.3 is 15.7 Å². The molecule has 0 bridgehead atoms. The maximum atomic E-state index is 13.3. The van der Waals surface area contributed by atoms with E-state index in [1.807, 2.05) is 0 Å². The molecule has 3 N–H and O–H groups in total. The molecule has 1 atom stereocenters. The quantitative estimate of drug-likeness (QED) is 0.772. The number of aliphatic carboxylic acids is 1. The molecule has 1 aliphatic rings. The van der Waals surface area contributed by atoms with Gasteiger partial charge in [0.15, 0.2) is 0 Å². The summed E-state index contributed by atoms with van der Waals surface area (Å²) in [6.07, 6.45) is 1.04. The number of likely N-dealkylation sites (tertiary alicyclic amines) is 1. The molecule has 96 valence electrons. The Morgan fingerprint density at radius 2 is 2.17 bits per heavy atom. The van der Waals surface area contributed by atoms with Gasteiger partial charge in [0, 0.05) is 6.54 Å². The number of benzene rings is 1. The number of nitrogens with two attached hydrogens (primary N) is 1. The van der Waals surface area contributed by atoms with Gasteiger partial charge in [0.05, 0.1) is 11.3 Å². The molecule has 1 aliphatic heterocycles. The van der Waals surface area contributed by atoms with E-state index in [1.54, 1.807) is 0 Å². The summed E-state index contributed by atoms with van der Waals surface area (Å²) >= 11 is 0. The largest absolute Gasteiger partial charge is 0.480 e. The van der Waals surface area contributed by atoms with Gasteiger partial charge in [-0.05, 0) is 25.0 Å². The van der Waals surface area contributed by atoms with Crippen LogP contribution in [0.3, 0.4) is 0 Å². The molecule has 0 aliphatic carbocycles. The standard InChI is InChI=1S/C12H13FN2O3/c13-8-4-1-3-7(10(8)14)11(16)15-6-2-5-9(15)12(17)18/h1,3-4,9H,2,5-6,14H2,(H,17,18). The molecule has 1 amide bonds. The first-order valence-electron chi connectivity index (χ1n) is 5.60. The van der Waals surface area contributed by atoms with E-state index in [-0.39, 0.29) is 11.3 Å². The highest BCUT2D eigenvalue weighted by Gasteiger charge is 2.35. The van der Waals surface area contributed by atoms with E-state index in [9.17, 15) is 14.0 Å². The number of nitrogens with zero attached hydrogens (tertiary/aromatic N) is 1. The van der Waals surface area contributed by atoms with Crippen LogP contribution in [0.4, 0.5) is 10.1 Å². The number of para-hydroxylation sites is 1. The van der Waals surface area contributed by atoms with Gasteiger partial charge in [-0.3, -0.25) is 4.79 Å². The third-order valence-electron chi connectivity index (χ3n) is 3.08. The van der Waals surface area contributed by atoms with Gasteiger partial charge in [0.1, 0.15) is 11.9 Å². The summed E-state index contributed by atoms with van der Waals surface area (Å²) in [5.74, 6) is -2.25. The zero-order valence-corrected chi connectivity index (χ0v) is 9.60. The number of hydrogen-bond acceptors (Lipinski definition) is 3. The van der Waals surface area contributed by atoms with E-state index < -0.39 is 23.7 Å². The molecule has 1 aromatic carbocycles. The fourth-order valence-electron chi connectivity index (χ4n) is 2.14. The van der Waals surface area contributed by atoms with E-state index in [0.29, 0.717) is 19.4 Å². The molecule has 0 aromatic heterocycles. The normalized spacial score (nSPS) is 18.9. The average molecular weight is 252 g/mol. The van der Waals surface area contributed by atoms with E-state index in [0.717, 1.165) is 6.07 Å². The minimum absolute atomic E-state index is 0.0168. The minimum Gasteiger partial charge on any atom is -0.480 e. The number of anilines is 1. The van der Waals surface area contributed by atoms with Crippen LogP contribution in [0.2, 0.25) is 0 Å². The number of carbonyl (C=O) groups excluding carboxylic acids is 1. The van der Waals surface area contributed by atoms with E-state index in [2.05, 4.69) is 0 Å².